The third-order valence-corrected chi connectivity index (χ3v) is 2.52. The van der Waals surface area contributed by atoms with Crippen molar-refractivity contribution in [2.45, 2.75) is 6.92 Å². The van der Waals surface area contributed by atoms with E-state index in [1.807, 2.05) is 6.92 Å². The maximum Gasteiger partial charge on any atom is 0.242 e. The third kappa shape index (κ3) is 4.61. The van der Waals surface area contributed by atoms with Gasteiger partial charge in [-0.05, 0) is 24.6 Å². The number of hydrogen-bond donors (Lipinski definition) is 2. The summed E-state index contributed by atoms with van der Waals surface area (Å²) in [6.07, 6.45) is 6.77. The first-order chi connectivity index (χ1) is 10.0. The van der Waals surface area contributed by atoms with Crippen LogP contribution in [0.4, 0.5) is 11.8 Å². The quantitative estimate of drug-likeness (QED) is 0.589. The number of aromatic nitrogens is 3. The fourth-order valence-electron chi connectivity index (χ4n) is 1.38. The van der Waals surface area contributed by atoms with Gasteiger partial charge in [-0.3, -0.25) is 0 Å². The Balaban J connectivity index is 3.03. The molecule has 0 fully saturated rings. The summed E-state index contributed by atoms with van der Waals surface area (Å²) in [5.74, 6) is 0.815. The molecule has 0 saturated heterocycles. The number of anilines is 2. The molecule has 0 bridgehead atoms. The normalized spacial score (nSPS) is 11.9. The fourth-order valence-corrected chi connectivity index (χ4v) is 1.38. The first-order valence-electron chi connectivity index (χ1n) is 6.21. The van der Waals surface area contributed by atoms with Gasteiger partial charge in [0.15, 0.2) is 5.82 Å². The summed E-state index contributed by atoms with van der Waals surface area (Å²) < 4.78 is 5.59. The van der Waals surface area contributed by atoms with Crippen molar-refractivity contribution >= 4 is 17.3 Å². The van der Waals surface area contributed by atoms with Crippen molar-refractivity contribution in [3.05, 3.63) is 61.1 Å². The van der Waals surface area contributed by atoms with E-state index in [0.717, 1.165) is 5.57 Å². The molecule has 0 aliphatic rings. The second kappa shape index (κ2) is 7.64. The minimum Gasteiger partial charge on any atom is -0.489 e. The van der Waals surface area contributed by atoms with Crippen molar-refractivity contribution < 1.29 is 4.74 Å². The summed E-state index contributed by atoms with van der Waals surface area (Å²) in [4.78, 5) is 3.87. The maximum absolute atomic E-state index is 5.79. The molecule has 1 aromatic rings. The third-order valence-electron chi connectivity index (χ3n) is 2.52. The molecular formula is C15H19N5O. The lowest BCUT2D eigenvalue weighted by Crippen LogP contribution is -2.06. The predicted octanol–water partition coefficient (Wildman–Crippen LogP) is 2.27. The number of hydrogen-bond acceptors (Lipinski definition) is 6. The van der Waals surface area contributed by atoms with Gasteiger partial charge in [-0.25, -0.2) is 0 Å². The highest BCUT2D eigenvalue weighted by Crippen LogP contribution is 2.20. The van der Waals surface area contributed by atoms with Crippen molar-refractivity contribution in [3.63, 3.8) is 0 Å². The van der Waals surface area contributed by atoms with Crippen molar-refractivity contribution in [2.75, 3.05) is 18.1 Å². The smallest absolute Gasteiger partial charge is 0.242 e. The Morgan fingerprint density at radius 3 is 2.48 bits per heavy atom. The van der Waals surface area contributed by atoms with Gasteiger partial charge in [-0.2, -0.15) is 4.98 Å². The van der Waals surface area contributed by atoms with Gasteiger partial charge in [0.2, 0.25) is 5.95 Å². The SMILES string of the molecule is C=CC(=C)COC(=C/C)/C=C(\C=C)c1nnc(N)nc1N. The largest absolute Gasteiger partial charge is 0.489 e. The Labute approximate surface area is 124 Å². The van der Waals surface area contributed by atoms with E-state index in [4.69, 9.17) is 16.2 Å². The van der Waals surface area contributed by atoms with E-state index in [2.05, 4.69) is 34.9 Å². The Morgan fingerprint density at radius 2 is 1.95 bits per heavy atom. The van der Waals surface area contributed by atoms with Crippen LogP contribution >= 0.6 is 0 Å². The van der Waals surface area contributed by atoms with Crippen molar-refractivity contribution in [3.8, 4) is 0 Å². The van der Waals surface area contributed by atoms with Gasteiger partial charge in [-0.15, -0.1) is 10.2 Å². The highest BCUT2D eigenvalue weighted by atomic mass is 16.5. The van der Waals surface area contributed by atoms with Gasteiger partial charge in [-0.1, -0.05) is 31.9 Å². The topological polar surface area (TPSA) is 99.9 Å². The monoisotopic (exact) mass is 285 g/mol. The molecule has 0 saturated carbocycles. The summed E-state index contributed by atoms with van der Waals surface area (Å²) in [7, 11) is 0. The number of rotatable bonds is 7. The van der Waals surface area contributed by atoms with E-state index >= 15 is 0 Å². The van der Waals surface area contributed by atoms with E-state index in [1.54, 1.807) is 24.3 Å². The highest BCUT2D eigenvalue weighted by Gasteiger charge is 2.09. The highest BCUT2D eigenvalue weighted by molar-refractivity contribution is 5.78. The lowest BCUT2D eigenvalue weighted by atomic mass is 10.1. The van der Waals surface area contributed by atoms with Gasteiger partial charge in [0.25, 0.3) is 0 Å². The number of nitrogen functional groups attached to an aromatic ring is 2. The maximum atomic E-state index is 5.79. The molecular weight excluding hydrogens is 266 g/mol. The van der Waals surface area contributed by atoms with Crippen LogP contribution in [-0.2, 0) is 4.74 Å². The second-order valence-electron chi connectivity index (χ2n) is 4.05. The van der Waals surface area contributed by atoms with Crippen LogP contribution in [-0.4, -0.2) is 21.8 Å². The summed E-state index contributed by atoms with van der Waals surface area (Å²) in [6, 6.07) is 0. The number of nitrogens with zero attached hydrogens (tertiary/aromatic N) is 3. The van der Waals surface area contributed by atoms with E-state index in [0.29, 0.717) is 23.6 Å². The predicted molar refractivity (Wildman–Crippen MR) is 85.9 cm³/mol. The van der Waals surface area contributed by atoms with Crippen LogP contribution in [0.3, 0.4) is 0 Å². The summed E-state index contributed by atoms with van der Waals surface area (Å²) >= 11 is 0. The zero-order chi connectivity index (χ0) is 15.8. The summed E-state index contributed by atoms with van der Waals surface area (Å²) in [5.41, 5.74) is 13.0. The van der Waals surface area contributed by atoms with Crippen molar-refractivity contribution in [2.24, 2.45) is 0 Å². The molecule has 0 radical (unpaired) electrons. The molecule has 0 atom stereocenters. The molecule has 0 spiro atoms. The minimum absolute atomic E-state index is 0.0180. The Kier molecular flexibility index (Phi) is 5.88. The van der Waals surface area contributed by atoms with Crippen LogP contribution in [0.2, 0.25) is 0 Å². The van der Waals surface area contributed by atoms with Gasteiger partial charge >= 0.3 is 0 Å². The van der Waals surface area contributed by atoms with E-state index in [1.165, 1.54) is 0 Å². The number of ether oxygens (including phenoxy) is 1. The van der Waals surface area contributed by atoms with Crippen LogP contribution in [0.1, 0.15) is 12.6 Å². The van der Waals surface area contributed by atoms with Crippen LogP contribution in [0, 0.1) is 0 Å². The van der Waals surface area contributed by atoms with Gasteiger partial charge in [0.1, 0.15) is 18.1 Å². The van der Waals surface area contributed by atoms with Crippen LogP contribution in [0.5, 0.6) is 0 Å². The second-order valence-corrected chi connectivity index (χ2v) is 4.05. The molecule has 1 aromatic heterocycles. The average Bonchev–Trinajstić information content (AvgIpc) is 2.48. The van der Waals surface area contributed by atoms with Crippen LogP contribution in [0.15, 0.2) is 55.4 Å². The minimum atomic E-state index is 0.0180. The molecule has 21 heavy (non-hydrogen) atoms. The Bertz CT molecular complexity index is 616. The van der Waals surface area contributed by atoms with Crippen LogP contribution < -0.4 is 11.5 Å². The molecule has 1 heterocycles. The zero-order valence-corrected chi connectivity index (χ0v) is 12.0. The molecule has 0 unspecified atom stereocenters. The molecule has 0 aliphatic heterocycles. The van der Waals surface area contributed by atoms with Gasteiger partial charge in [0.05, 0.1) is 0 Å². The molecule has 0 amide bonds. The fraction of sp³-hybridized carbons (Fsp3) is 0.133. The number of allylic oxidation sites excluding steroid dienone is 4. The Morgan fingerprint density at radius 1 is 1.24 bits per heavy atom. The average molecular weight is 285 g/mol. The molecule has 4 N–H and O–H groups in total. The van der Waals surface area contributed by atoms with Crippen molar-refractivity contribution in [1.29, 1.82) is 0 Å². The molecule has 0 aromatic carbocycles. The molecule has 6 nitrogen and oxygen atoms in total. The first-order valence-corrected chi connectivity index (χ1v) is 6.21. The molecule has 1 rings (SSSR count). The first kappa shape index (κ1) is 16.2. The standard InChI is InChI=1S/C15H19N5O/c1-5-10(4)9-21-12(7-3)8-11(6-2)13-14(16)18-15(17)20-19-13/h5-8H,1-2,4,9H2,3H3,(H4,16,17,18,20)/b11-8+,12-7+. The number of nitrogens with two attached hydrogens (primary N) is 2. The van der Waals surface area contributed by atoms with Gasteiger partial charge < -0.3 is 16.2 Å². The molecule has 6 heteroatoms. The zero-order valence-electron chi connectivity index (χ0n) is 12.0. The van der Waals surface area contributed by atoms with E-state index < -0.39 is 0 Å². The summed E-state index contributed by atoms with van der Waals surface area (Å²) in [5, 5.41) is 7.62. The summed E-state index contributed by atoms with van der Waals surface area (Å²) in [6.45, 7) is 13.3. The molecule has 110 valence electrons. The lowest BCUT2D eigenvalue weighted by molar-refractivity contribution is 0.255. The van der Waals surface area contributed by atoms with E-state index in [-0.39, 0.29) is 11.8 Å². The van der Waals surface area contributed by atoms with Gasteiger partial charge in [0, 0.05) is 5.57 Å². The molecule has 0 aliphatic carbocycles. The van der Waals surface area contributed by atoms with Crippen molar-refractivity contribution in [1.82, 2.24) is 15.2 Å². The Hall–Kier alpha value is -2.89. The van der Waals surface area contributed by atoms with E-state index in [9.17, 15) is 0 Å². The lowest BCUT2D eigenvalue weighted by Gasteiger charge is -2.09. The van der Waals surface area contributed by atoms with Crippen LogP contribution in [0.25, 0.3) is 5.57 Å².